The van der Waals surface area contributed by atoms with Crippen molar-refractivity contribution in [2.24, 2.45) is 0 Å². The Bertz CT molecular complexity index is 440. The zero-order chi connectivity index (χ0) is 9.97. The van der Waals surface area contributed by atoms with Crippen LogP contribution in [0.15, 0.2) is 36.7 Å². The Hall–Kier alpha value is -1.12. The van der Waals surface area contributed by atoms with Gasteiger partial charge in [0.2, 0.25) is 0 Å². The van der Waals surface area contributed by atoms with E-state index in [4.69, 9.17) is 23.2 Å². The fourth-order valence-corrected chi connectivity index (χ4v) is 1.39. The molecule has 0 aliphatic rings. The molecule has 0 atom stereocenters. The van der Waals surface area contributed by atoms with Crippen molar-refractivity contribution >= 4 is 23.2 Å². The lowest BCUT2D eigenvalue weighted by atomic mass is 10.2. The summed E-state index contributed by atoms with van der Waals surface area (Å²) in [5, 5.41) is 1.08. The predicted octanol–water partition coefficient (Wildman–Crippen LogP) is 3.45. The van der Waals surface area contributed by atoms with Crippen molar-refractivity contribution in [2.75, 3.05) is 0 Å². The highest BCUT2D eigenvalue weighted by atomic mass is 35.5. The van der Waals surface area contributed by atoms with Crippen LogP contribution in [0.4, 0.5) is 0 Å². The van der Waals surface area contributed by atoms with Crippen LogP contribution in [0.3, 0.4) is 0 Å². The molecule has 0 fully saturated rings. The molecule has 0 aliphatic heterocycles. The number of halogens is 2. The maximum absolute atomic E-state index is 5.76. The molecule has 2 heterocycles. The molecule has 4 heteroatoms. The van der Waals surface area contributed by atoms with Crippen molar-refractivity contribution in [2.45, 2.75) is 0 Å². The van der Waals surface area contributed by atoms with E-state index in [2.05, 4.69) is 9.97 Å². The van der Waals surface area contributed by atoms with Crippen LogP contribution in [0.25, 0.3) is 11.3 Å². The van der Waals surface area contributed by atoms with Crippen molar-refractivity contribution in [1.82, 2.24) is 9.97 Å². The second kappa shape index (κ2) is 3.95. The Kier molecular flexibility index (Phi) is 2.66. The number of nitrogens with zero attached hydrogens (tertiary/aromatic N) is 2. The fraction of sp³-hybridized carbons (Fsp3) is 0. The summed E-state index contributed by atoms with van der Waals surface area (Å²) in [6.45, 7) is 0. The lowest BCUT2D eigenvalue weighted by Crippen LogP contribution is -1.83. The molecule has 70 valence electrons. The lowest BCUT2D eigenvalue weighted by molar-refractivity contribution is 1.29. The molecule has 2 rings (SSSR count). The topological polar surface area (TPSA) is 25.8 Å². The molecule has 0 saturated carbocycles. The van der Waals surface area contributed by atoms with Crippen molar-refractivity contribution in [3.63, 3.8) is 0 Å². The molecular weight excluding hydrogens is 219 g/mol. The summed E-state index contributed by atoms with van der Waals surface area (Å²) in [5.74, 6) is 0. The molecule has 0 saturated heterocycles. The molecule has 0 aromatic carbocycles. The standard InChI is InChI=1S/C10H6Cl2N2/c11-8-1-2-9(14-6-8)7-3-4-13-10(12)5-7/h1-6H. The SMILES string of the molecule is Clc1ccc(-c2ccnc(Cl)c2)nc1. The van der Waals surface area contributed by atoms with E-state index in [0.717, 1.165) is 11.3 Å². The number of hydrogen-bond donors (Lipinski definition) is 0. The monoisotopic (exact) mass is 224 g/mol. The second-order valence-electron chi connectivity index (χ2n) is 2.73. The maximum atomic E-state index is 5.76. The molecule has 2 aromatic heterocycles. The number of rotatable bonds is 1. The Morgan fingerprint density at radius 2 is 1.86 bits per heavy atom. The highest BCUT2D eigenvalue weighted by Crippen LogP contribution is 2.20. The van der Waals surface area contributed by atoms with Gasteiger partial charge in [-0.2, -0.15) is 0 Å². The van der Waals surface area contributed by atoms with Gasteiger partial charge in [0.1, 0.15) is 5.15 Å². The molecule has 0 spiro atoms. The summed E-state index contributed by atoms with van der Waals surface area (Å²) < 4.78 is 0. The van der Waals surface area contributed by atoms with Gasteiger partial charge in [-0.3, -0.25) is 4.98 Å². The summed E-state index contributed by atoms with van der Waals surface area (Å²) in [5.41, 5.74) is 1.76. The summed E-state index contributed by atoms with van der Waals surface area (Å²) >= 11 is 11.5. The largest absolute Gasteiger partial charge is 0.255 e. The minimum Gasteiger partial charge on any atom is -0.255 e. The molecule has 0 N–H and O–H groups in total. The maximum Gasteiger partial charge on any atom is 0.129 e. The van der Waals surface area contributed by atoms with E-state index >= 15 is 0 Å². The Morgan fingerprint density at radius 3 is 2.50 bits per heavy atom. The van der Waals surface area contributed by atoms with Crippen LogP contribution in [0, 0.1) is 0 Å². The van der Waals surface area contributed by atoms with Gasteiger partial charge < -0.3 is 0 Å². The van der Waals surface area contributed by atoms with Crippen molar-refractivity contribution in [3.8, 4) is 11.3 Å². The highest BCUT2D eigenvalue weighted by molar-refractivity contribution is 6.30. The minimum atomic E-state index is 0.458. The molecule has 0 bridgehead atoms. The summed E-state index contributed by atoms with van der Waals surface area (Å²) in [6, 6.07) is 7.24. The molecular formula is C10H6Cl2N2. The van der Waals surface area contributed by atoms with E-state index < -0.39 is 0 Å². The quantitative estimate of drug-likeness (QED) is 0.694. The highest BCUT2D eigenvalue weighted by Gasteiger charge is 1.99. The van der Waals surface area contributed by atoms with E-state index in [1.165, 1.54) is 0 Å². The first-order chi connectivity index (χ1) is 6.75. The van der Waals surface area contributed by atoms with Gasteiger partial charge in [0.05, 0.1) is 10.7 Å². The first-order valence-corrected chi connectivity index (χ1v) is 4.75. The van der Waals surface area contributed by atoms with Gasteiger partial charge in [0.25, 0.3) is 0 Å². The zero-order valence-corrected chi connectivity index (χ0v) is 8.63. The first kappa shape index (κ1) is 9.44. The van der Waals surface area contributed by atoms with Gasteiger partial charge in [0, 0.05) is 18.0 Å². The van der Waals surface area contributed by atoms with E-state index in [9.17, 15) is 0 Å². The third-order valence-electron chi connectivity index (χ3n) is 1.75. The normalized spacial score (nSPS) is 10.1. The third kappa shape index (κ3) is 2.03. The van der Waals surface area contributed by atoms with Crippen molar-refractivity contribution < 1.29 is 0 Å². The molecule has 0 amide bonds. The van der Waals surface area contributed by atoms with Crippen LogP contribution in [0.1, 0.15) is 0 Å². The average molecular weight is 225 g/mol. The summed E-state index contributed by atoms with van der Waals surface area (Å²) in [7, 11) is 0. The summed E-state index contributed by atoms with van der Waals surface area (Å²) in [4.78, 5) is 8.07. The zero-order valence-electron chi connectivity index (χ0n) is 7.11. The van der Waals surface area contributed by atoms with Crippen LogP contribution in [0.2, 0.25) is 10.2 Å². The Balaban J connectivity index is 2.44. The minimum absolute atomic E-state index is 0.458. The van der Waals surface area contributed by atoms with Crippen LogP contribution in [-0.2, 0) is 0 Å². The van der Waals surface area contributed by atoms with Gasteiger partial charge in [-0.15, -0.1) is 0 Å². The Morgan fingerprint density at radius 1 is 1.00 bits per heavy atom. The van der Waals surface area contributed by atoms with Gasteiger partial charge in [-0.05, 0) is 24.3 Å². The molecule has 0 aliphatic carbocycles. The van der Waals surface area contributed by atoms with Gasteiger partial charge >= 0.3 is 0 Å². The van der Waals surface area contributed by atoms with Crippen LogP contribution < -0.4 is 0 Å². The van der Waals surface area contributed by atoms with E-state index in [0.29, 0.717) is 10.2 Å². The molecule has 0 unspecified atom stereocenters. The first-order valence-electron chi connectivity index (χ1n) is 3.99. The van der Waals surface area contributed by atoms with Gasteiger partial charge in [-0.25, -0.2) is 4.98 Å². The van der Waals surface area contributed by atoms with Crippen LogP contribution in [-0.4, -0.2) is 9.97 Å². The number of aromatic nitrogens is 2. The van der Waals surface area contributed by atoms with E-state index in [1.54, 1.807) is 24.5 Å². The molecule has 2 nitrogen and oxygen atoms in total. The fourth-order valence-electron chi connectivity index (χ4n) is 1.11. The van der Waals surface area contributed by atoms with Crippen LogP contribution >= 0.6 is 23.2 Å². The Labute approximate surface area is 91.5 Å². The third-order valence-corrected chi connectivity index (χ3v) is 2.18. The number of pyridine rings is 2. The average Bonchev–Trinajstić information content (AvgIpc) is 2.19. The van der Waals surface area contributed by atoms with Gasteiger partial charge in [0.15, 0.2) is 0 Å². The van der Waals surface area contributed by atoms with Crippen molar-refractivity contribution in [3.05, 3.63) is 46.8 Å². The molecule has 14 heavy (non-hydrogen) atoms. The predicted molar refractivity (Wildman–Crippen MR) is 57.5 cm³/mol. The van der Waals surface area contributed by atoms with Crippen molar-refractivity contribution in [1.29, 1.82) is 0 Å². The summed E-state index contributed by atoms with van der Waals surface area (Å²) in [6.07, 6.45) is 3.25. The number of hydrogen-bond acceptors (Lipinski definition) is 2. The van der Waals surface area contributed by atoms with Gasteiger partial charge in [-0.1, -0.05) is 23.2 Å². The van der Waals surface area contributed by atoms with E-state index in [1.807, 2.05) is 12.1 Å². The lowest BCUT2D eigenvalue weighted by Gasteiger charge is -2.00. The van der Waals surface area contributed by atoms with Crippen LogP contribution in [0.5, 0.6) is 0 Å². The second-order valence-corrected chi connectivity index (χ2v) is 3.55. The smallest absolute Gasteiger partial charge is 0.129 e. The molecule has 2 aromatic rings. The van der Waals surface area contributed by atoms with E-state index in [-0.39, 0.29) is 0 Å². The molecule has 0 radical (unpaired) electrons.